The SMILES string of the molecule is CCCCCCCCCCCC(O)CCC(C)(C)OC. The maximum absolute atomic E-state index is 9.95. The summed E-state index contributed by atoms with van der Waals surface area (Å²) in [5, 5.41) is 9.95. The van der Waals surface area contributed by atoms with E-state index in [2.05, 4.69) is 20.8 Å². The highest BCUT2D eigenvalue weighted by Gasteiger charge is 2.17. The highest BCUT2D eigenvalue weighted by Crippen LogP contribution is 2.19. The number of unbranched alkanes of at least 4 members (excludes halogenated alkanes) is 8. The predicted molar refractivity (Wildman–Crippen MR) is 88.2 cm³/mol. The number of rotatable bonds is 14. The van der Waals surface area contributed by atoms with Crippen molar-refractivity contribution in [3.63, 3.8) is 0 Å². The number of hydrogen-bond acceptors (Lipinski definition) is 2. The lowest BCUT2D eigenvalue weighted by atomic mass is 9.97. The van der Waals surface area contributed by atoms with Crippen molar-refractivity contribution >= 4 is 0 Å². The minimum Gasteiger partial charge on any atom is -0.393 e. The number of methoxy groups -OCH3 is 1. The molecule has 1 atom stereocenters. The Morgan fingerprint density at radius 1 is 0.850 bits per heavy atom. The van der Waals surface area contributed by atoms with Gasteiger partial charge in [0, 0.05) is 7.11 Å². The first-order valence-corrected chi connectivity index (χ1v) is 8.75. The standard InChI is InChI=1S/C18H38O2/c1-5-6-7-8-9-10-11-12-13-14-17(19)15-16-18(2,3)20-4/h17,19H,5-16H2,1-4H3. The van der Waals surface area contributed by atoms with E-state index < -0.39 is 0 Å². The van der Waals surface area contributed by atoms with Gasteiger partial charge in [0.15, 0.2) is 0 Å². The minimum atomic E-state index is -0.144. The molecule has 0 amide bonds. The second-order valence-corrected chi connectivity index (χ2v) is 6.77. The highest BCUT2D eigenvalue weighted by atomic mass is 16.5. The van der Waals surface area contributed by atoms with Gasteiger partial charge in [0.05, 0.1) is 11.7 Å². The van der Waals surface area contributed by atoms with Gasteiger partial charge in [-0.3, -0.25) is 0 Å². The smallest absolute Gasteiger partial charge is 0.0623 e. The van der Waals surface area contributed by atoms with Gasteiger partial charge in [-0.15, -0.1) is 0 Å². The lowest BCUT2D eigenvalue weighted by molar-refractivity contribution is 0.00205. The molecule has 2 heteroatoms. The van der Waals surface area contributed by atoms with Crippen molar-refractivity contribution in [2.75, 3.05) is 7.11 Å². The summed E-state index contributed by atoms with van der Waals surface area (Å²) >= 11 is 0. The summed E-state index contributed by atoms with van der Waals surface area (Å²) in [6.07, 6.45) is 14.7. The first-order valence-electron chi connectivity index (χ1n) is 8.75. The van der Waals surface area contributed by atoms with Crippen molar-refractivity contribution in [1.82, 2.24) is 0 Å². The van der Waals surface area contributed by atoms with Crippen LogP contribution in [0, 0.1) is 0 Å². The van der Waals surface area contributed by atoms with Crippen LogP contribution in [-0.2, 0) is 4.74 Å². The Hall–Kier alpha value is -0.0800. The van der Waals surface area contributed by atoms with Crippen LogP contribution in [0.2, 0.25) is 0 Å². The van der Waals surface area contributed by atoms with Crippen LogP contribution in [0.25, 0.3) is 0 Å². The predicted octanol–water partition coefficient (Wildman–Crippen LogP) is 5.47. The molecular weight excluding hydrogens is 248 g/mol. The van der Waals surface area contributed by atoms with Gasteiger partial charge in [-0.25, -0.2) is 0 Å². The van der Waals surface area contributed by atoms with Crippen molar-refractivity contribution < 1.29 is 9.84 Å². The average molecular weight is 286 g/mol. The Kier molecular flexibility index (Phi) is 12.6. The molecule has 0 aromatic heterocycles. The van der Waals surface area contributed by atoms with Crippen molar-refractivity contribution in [3.8, 4) is 0 Å². The van der Waals surface area contributed by atoms with Gasteiger partial charge < -0.3 is 9.84 Å². The Morgan fingerprint density at radius 2 is 1.35 bits per heavy atom. The summed E-state index contributed by atoms with van der Waals surface area (Å²) < 4.78 is 5.37. The van der Waals surface area contributed by atoms with E-state index in [1.54, 1.807) is 7.11 Å². The molecule has 122 valence electrons. The summed E-state index contributed by atoms with van der Waals surface area (Å²) in [6.45, 7) is 6.43. The van der Waals surface area contributed by atoms with Crippen LogP contribution >= 0.6 is 0 Å². The van der Waals surface area contributed by atoms with Crippen molar-refractivity contribution in [2.24, 2.45) is 0 Å². The molecule has 0 aromatic rings. The molecule has 0 rings (SSSR count). The van der Waals surface area contributed by atoms with Gasteiger partial charge in [-0.05, 0) is 33.1 Å². The third-order valence-corrected chi connectivity index (χ3v) is 4.27. The van der Waals surface area contributed by atoms with Crippen LogP contribution in [0.1, 0.15) is 97.8 Å². The molecule has 0 fully saturated rings. The number of ether oxygens (including phenoxy) is 1. The lowest BCUT2D eigenvalue weighted by Gasteiger charge is -2.24. The van der Waals surface area contributed by atoms with Crippen molar-refractivity contribution in [1.29, 1.82) is 0 Å². The fraction of sp³-hybridized carbons (Fsp3) is 1.00. The summed E-state index contributed by atoms with van der Waals surface area (Å²) in [7, 11) is 1.74. The second kappa shape index (κ2) is 12.6. The molecule has 0 spiro atoms. The molecule has 0 aromatic carbocycles. The third-order valence-electron chi connectivity index (χ3n) is 4.27. The topological polar surface area (TPSA) is 29.5 Å². The van der Waals surface area contributed by atoms with Gasteiger partial charge in [0.1, 0.15) is 0 Å². The summed E-state index contributed by atoms with van der Waals surface area (Å²) in [5.74, 6) is 0. The van der Waals surface area contributed by atoms with Gasteiger partial charge in [-0.2, -0.15) is 0 Å². The summed E-state index contributed by atoms with van der Waals surface area (Å²) in [4.78, 5) is 0. The lowest BCUT2D eigenvalue weighted by Crippen LogP contribution is -2.24. The maximum atomic E-state index is 9.95. The van der Waals surface area contributed by atoms with Gasteiger partial charge in [-0.1, -0.05) is 64.7 Å². The molecule has 2 nitrogen and oxygen atoms in total. The van der Waals surface area contributed by atoms with Crippen molar-refractivity contribution in [3.05, 3.63) is 0 Å². The molecule has 0 aliphatic heterocycles. The zero-order valence-electron chi connectivity index (χ0n) is 14.4. The van der Waals surface area contributed by atoms with E-state index in [1.807, 2.05) is 0 Å². The largest absolute Gasteiger partial charge is 0.393 e. The molecule has 0 saturated heterocycles. The Balaban J connectivity index is 3.29. The summed E-state index contributed by atoms with van der Waals surface area (Å²) in [5.41, 5.74) is -0.0977. The van der Waals surface area contributed by atoms with E-state index in [4.69, 9.17) is 4.74 Å². The average Bonchev–Trinajstić information content (AvgIpc) is 2.43. The zero-order chi connectivity index (χ0) is 15.3. The molecule has 20 heavy (non-hydrogen) atoms. The summed E-state index contributed by atoms with van der Waals surface area (Å²) in [6, 6.07) is 0. The van der Waals surface area contributed by atoms with Gasteiger partial charge >= 0.3 is 0 Å². The zero-order valence-corrected chi connectivity index (χ0v) is 14.4. The number of hydrogen-bond donors (Lipinski definition) is 1. The van der Waals surface area contributed by atoms with E-state index in [-0.39, 0.29) is 11.7 Å². The monoisotopic (exact) mass is 286 g/mol. The van der Waals surface area contributed by atoms with Crippen LogP contribution in [0.3, 0.4) is 0 Å². The van der Waals surface area contributed by atoms with Crippen molar-refractivity contribution in [2.45, 2.75) is 110 Å². The molecule has 0 bridgehead atoms. The van der Waals surface area contributed by atoms with E-state index in [1.165, 1.54) is 57.8 Å². The highest BCUT2D eigenvalue weighted by molar-refractivity contribution is 4.70. The van der Waals surface area contributed by atoms with Gasteiger partial charge in [0.25, 0.3) is 0 Å². The minimum absolute atomic E-state index is 0.0977. The molecule has 1 unspecified atom stereocenters. The van der Waals surface area contributed by atoms with E-state index in [0.717, 1.165) is 19.3 Å². The fourth-order valence-corrected chi connectivity index (χ4v) is 2.45. The molecule has 0 aliphatic carbocycles. The maximum Gasteiger partial charge on any atom is 0.0623 e. The quantitative estimate of drug-likeness (QED) is 0.429. The van der Waals surface area contributed by atoms with E-state index >= 15 is 0 Å². The van der Waals surface area contributed by atoms with E-state index in [0.29, 0.717) is 0 Å². The van der Waals surface area contributed by atoms with Crippen LogP contribution in [0.5, 0.6) is 0 Å². The normalized spacial score (nSPS) is 13.7. The first-order chi connectivity index (χ1) is 9.52. The van der Waals surface area contributed by atoms with Gasteiger partial charge in [0.2, 0.25) is 0 Å². The Morgan fingerprint density at radius 3 is 1.85 bits per heavy atom. The van der Waals surface area contributed by atoms with E-state index in [9.17, 15) is 5.11 Å². The first kappa shape index (κ1) is 19.9. The molecular formula is C18H38O2. The van der Waals surface area contributed by atoms with Crippen LogP contribution in [0.15, 0.2) is 0 Å². The molecule has 0 radical (unpaired) electrons. The van der Waals surface area contributed by atoms with Crippen LogP contribution in [0.4, 0.5) is 0 Å². The Labute approximate surface area is 127 Å². The molecule has 1 N–H and O–H groups in total. The molecule has 0 heterocycles. The fourth-order valence-electron chi connectivity index (χ4n) is 2.45. The Bertz CT molecular complexity index is 202. The second-order valence-electron chi connectivity index (χ2n) is 6.77. The van der Waals surface area contributed by atoms with Crippen LogP contribution in [-0.4, -0.2) is 23.9 Å². The number of aliphatic hydroxyl groups is 1. The van der Waals surface area contributed by atoms with Crippen LogP contribution < -0.4 is 0 Å². The molecule has 0 saturated carbocycles. The number of aliphatic hydroxyl groups excluding tert-OH is 1. The third kappa shape index (κ3) is 12.9. The molecule has 0 aliphatic rings.